The Bertz CT molecular complexity index is 1170. The number of phenolic OH excluding ortho intramolecular Hbond substituents is 1. The summed E-state index contributed by atoms with van der Waals surface area (Å²) in [5.41, 5.74) is 3.03. The van der Waals surface area contributed by atoms with Gasteiger partial charge in [-0.25, -0.2) is 0 Å². The second kappa shape index (κ2) is 9.33. The summed E-state index contributed by atoms with van der Waals surface area (Å²) in [6.45, 7) is 2.28. The summed E-state index contributed by atoms with van der Waals surface area (Å²) in [7, 11) is 0. The summed E-state index contributed by atoms with van der Waals surface area (Å²) in [6.07, 6.45) is 2.54. The number of rotatable bonds is 7. The Labute approximate surface area is 190 Å². The number of halogens is 2. The maximum atomic E-state index is 10.6. The van der Waals surface area contributed by atoms with Gasteiger partial charge in [0.2, 0.25) is 0 Å². The van der Waals surface area contributed by atoms with E-state index >= 15 is 0 Å². The van der Waals surface area contributed by atoms with E-state index in [1.54, 1.807) is 36.5 Å². The maximum Gasteiger partial charge on any atom is 0.173 e. The lowest BCUT2D eigenvalue weighted by Crippen LogP contribution is -1.97. The zero-order valence-electron chi connectivity index (χ0n) is 16.7. The standard InChI is InChI=1S/C24H20Cl2N2O3/c1-2-15-6-8-16(9-7-15)31-23-13-27-28-24(23)18-11-10-17(12-22(18)29)30-14-19-20(25)4-3-5-21(19)26/h3-13,29H,2,14H2,1H3,(H,27,28). The van der Waals surface area contributed by atoms with Gasteiger partial charge < -0.3 is 14.6 Å². The van der Waals surface area contributed by atoms with Gasteiger partial charge in [0.05, 0.1) is 6.20 Å². The maximum absolute atomic E-state index is 10.6. The van der Waals surface area contributed by atoms with Crippen LogP contribution in [-0.2, 0) is 13.0 Å². The fourth-order valence-electron chi connectivity index (χ4n) is 3.10. The summed E-state index contributed by atoms with van der Waals surface area (Å²) in [5, 5.41) is 18.6. The van der Waals surface area contributed by atoms with E-state index in [0.29, 0.717) is 44.1 Å². The third-order valence-corrected chi connectivity index (χ3v) is 5.56. The molecule has 0 saturated heterocycles. The smallest absolute Gasteiger partial charge is 0.173 e. The van der Waals surface area contributed by atoms with E-state index in [4.69, 9.17) is 32.7 Å². The lowest BCUT2D eigenvalue weighted by molar-refractivity contribution is 0.304. The Morgan fingerprint density at radius 3 is 2.35 bits per heavy atom. The van der Waals surface area contributed by atoms with E-state index in [1.165, 1.54) is 11.6 Å². The highest BCUT2D eigenvalue weighted by Crippen LogP contribution is 2.38. The Hall–Kier alpha value is -3.15. The predicted octanol–water partition coefficient (Wildman–Crippen LogP) is 7.02. The first-order chi connectivity index (χ1) is 15.0. The third kappa shape index (κ3) is 4.79. The molecular formula is C24H20Cl2N2O3. The number of nitrogens with one attached hydrogen (secondary N) is 1. The van der Waals surface area contributed by atoms with Crippen molar-refractivity contribution in [3.05, 3.63) is 88.0 Å². The molecule has 4 rings (SSSR count). The zero-order chi connectivity index (χ0) is 21.8. The van der Waals surface area contributed by atoms with Crippen molar-refractivity contribution < 1.29 is 14.6 Å². The molecule has 0 aliphatic heterocycles. The topological polar surface area (TPSA) is 67.4 Å². The molecule has 4 aromatic rings. The van der Waals surface area contributed by atoms with Gasteiger partial charge in [0.15, 0.2) is 5.75 Å². The molecule has 1 heterocycles. The molecule has 0 spiro atoms. The zero-order valence-corrected chi connectivity index (χ0v) is 18.2. The SMILES string of the molecule is CCc1ccc(Oc2cn[nH]c2-c2ccc(OCc3c(Cl)cccc3Cl)cc2O)cc1. The van der Waals surface area contributed by atoms with Crippen molar-refractivity contribution in [3.8, 4) is 34.3 Å². The lowest BCUT2D eigenvalue weighted by Gasteiger charge is -2.12. The molecule has 0 unspecified atom stereocenters. The van der Waals surface area contributed by atoms with Gasteiger partial charge >= 0.3 is 0 Å². The molecule has 0 atom stereocenters. The number of aromatic hydroxyl groups is 1. The number of H-pyrrole nitrogens is 1. The van der Waals surface area contributed by atoms with Gasteiger partial charge in [0, 0.05) is 27.2 Å². The second-order valence-corrected chi connectivity index (χ2v) is 7.69. The van der Waals surface area contributed by atoms with Gasteiger partial charge in [-0.05, 0) is 48.4 Å². The van der Waals surface area contributed by atoms with Gasteiger partial charge in [0.25, 0.3) is 0 Å². The molecule has 0 aliphatic carbocycles. The highest BCUT2D eigenvalue weighted by atomic mass is 35.5. The monoisotopic (exact) mass is 454 g/mol. The van der Waals surface area contributed by atoms with Gasteiger partial charge in [-0.15, -0.1) is 0 Å². The molecule has 31 heavy (non-hydrogen) atoms. The predicted molar refractivity (Wildman–Crippen MR) is 122 cm³/mol. The first-order valence-electron chi connectivity index (χ1n) is 9.74. The molecule has 0 amide bonds. The molecule has 158 valence electrons. The molecule has 7 heteroatoms. The van der Waals surface area contributed by atoms with Crippen LogP contribution in [-0.4, -0.2) is 15.3 Å². The number of aromatic amines is 1. The van der Waals surface area contributed by atoms with Gasteiger partial charge in [-0.3, -0.25) is 5.10 Å². The van der Waals surface area contributed by atoms with Crippen LogP contribution in [0.4, 0.5) is 0 Å². The van der Waals surface area contributed by atoms with Crippen molar-refractivity contribution in [3.63, 3.8) is 0 Å². The lowest BCUT2D eigenvalue weighted by atomic mass is 10.1. The minimum Gasteiger partial charge on any atom is -0.507 e. The normalized spacial score (nSPS) is 10.8. The summed E-state index contributed by atoms with van der Waals surface area (Å²) >= 11 is 12.4. The number of nitrogens with zero attached hydrogens (tertiary/aromatic N) is 1. The minimum atomic E-state index is 0.0261. The van der Waals surface area contributed by atoms with E-state index in [2.05, 4.69) is 17.1 Å². The van der Waals surface area contributed by atoms with E-state index in [-0.39, 0.29) is 12.4 Å². The number of hydrogen-bond donors (Lipinski definition) is 2. The quantitative estimate of drug-likeness (QED) is 0.314. The third-order valence-electron chi connectivity index (χ3n) is 4.85. The van der Waals surface area contributed by atoms with E-state index in [0.717, 1.165) is 6.42 Å². The van der Waals surface area contributed by atoms with Gasteiger partial charge in [0.1, 0.15) is 29.5 Å². The average Bonchev–Trinajstić information content (AvgIpc) is 3.22. The first-order valence-corrected chi connectivity index (χ1v) is 10.5. The van der Waals surface area contributed by atoms with Crippen molar-refractivity contribution in [2.75, 3.05) is 0 Å². The first kappa shape index (κ1) is 21.1. The van der Waals surface area contributed by atoms with Crippen molar-refractivity contribution in [1.29, 1.82) is 0 Å². The van der Waals surface area contributed by atoms with Crippen molar-refractivity contribution >= 4 is 23.2 Å². The molecule has 3 aromatic carbocycles. The van der Waals surface area contributed by atoms with Crippen LogP contribution >= 0.6 is 23.2 Å². The number of ether oxygens (including phenoxy) is 2. The molecule has 2 N–H and O–H groups in total. The number of hydrogen-bond acceptors (Lipinski definition) is 4. The molecule has 0 aliphatic rings. The highest BCUT2D eigenvalue weighted by molar-refractivity contribution is 6.35. The Kier molecular flexibility index (Phi) is 6.35. The van der Waals surface area contributed by atoms with Gasteiger partial charge in [-0.1, -0.05) is 48.3 Å². The van der Waals surface area contributed by atoms with Crippen LogP contribution in [0.3, 0.4) is 0 Å². The van der Waals surface area contributed by atoms with Crippen LogP contribution in [0.25, 0.3) is 11.3 Å². The molecule has 0 bridgehead atoms. The van der Waals surface area contributed by atoms with Crippen molar-refractivity contribution in [2.24, 2.45) is 0 Å². The molecule has 1 aromatic heterocycles. The largest absolute Gasteiger partial charge is 0.507 e. The van der Waals surface area contributed by atoms with E-state index in [1.807, 2.05) is 24.3 Å². The minimum absolute atomic E-state index is 0.0261. The van der Waals surface area contributed by atoms with Crippen molar-refractivity contribution in [1.82, 2.24) is 10.2 Å². The number of benzene rings is 3. The molecular weight excluding hydrogens is 435 g/mol. The Morgan fingerprint density at radius 1 is 0.968 bits per heavy atom. The Morgan fingerprint density at radius 2 is 1.68 bits per heavy atom. The molecule has 0 radical (unpaired) electrons. The van der Waals surface area contributed by atoms with Crippen LogP contribution in [0.2, 0.25) is 10.0 Å². The average molecular weight is 455 g/mol. The van der Waals surface area contributed by atoms with Crippen LogP contribution < -0.4 is 9.47 Å². The fraction of sp³-hybridized carbons (Fsp3) is 0.125. The van der Waals surface area contributed by atoms with Crippen LogP contribution in [0.5, 0.6) is 23.0 Å². The van der Waals surface area contributed by atoms with Crippen LogP contribution in [0, 0.1) is 0 Å². The number of aryl methyl sites for hydroxylation is 1. The summed E-state index contributed by atoms with van der Waals surface area (Å²) < 4.78 is 11.7. The van der Waals surface area contributed by atoms with Crippen LogP contribution in [0.15, 0.2) is 66.9 Å². The van der Waals surface area contributed by atoms with Crippen molar-refractivity contribution in [2.45, 2.75) is 20.0 Å². The summed E-state index contributed by atoms with van der Waals surface area (Å²) in [5.74, 6) is 1.71. The molecule has 5 nitrogen and oxygen atoms in total. The second-order valence-electron chi connectivity index (χ2n) is 6.88. The number of aromatic nitrogens is 2. The molecule has 0 saturated carbocycles. The van der Waals surface area contributed by atoms with Gasteiger partial charge in [-0.2, -0.15) is 5.10 Å². The fourth-order valence-corrected chi connectivity index (χ4v) is 3.61. The highest BCUT2D eigenvalue weighted by Gasteiger charge is 2.15. The van der Waals surface area contributed by atoms with E-state index < -0.39 is 0 Å². The van der Waals surface area contributed by atoms with E-state index in [9.17, 15) is 5.11 Å². The number of phenols is 1. The summed E-state index contributed by atoms with van der Waals surface area (Å²) in [4.78, 5) is 0. The summed E-state index contributed by atoms with van der Waals surface area (Å²) in [6, 6.07) is 18.1. The Balaban J connectivity index is 1.51. The van der Waals surface area contributed by atoms with Crippen LogP contribution in [0.1, 0.15) is 18.1 Å². The molecule has 0 fully saturated rings.